The van der Waals surface area contributed by atoms with Gasteiger partial charge < -0.3 is 15.7 Å². The molecule has 1 unspecified atom stereocenters. The van der Waals surface area contributed by atoms with Crippen molar-refractivity contribution in [2.24, 2.45) is 0 Å². The molecule has 31 heavy (non-hydrogen) atoms. The second-order valence-corrected chi connectivity index (χ2v) is 8.19. The molecular weight excluding hydrogens is 436 g/mol. The number of amides is 2. The SMILES string of the molecule is CC(=O)Nc1cccc(SC(C(=O)Nc2ccc(Cl)c(C(=O)O)c2)c2ccccc2)c1. The second-order valence-electron chi connectivity index (χ2n) is 6.61. The van der Waals surface area contributed by atoms with Crippen molar-refractivity contribution in [2.75, 3.05) is 10.6 Å². The quantitative estimate of drug-likeness (QED) is 0.411. The van der Waals surface area contributed by atoms with Gasteiger partial charge in [0.05, 0.1) is 10.6 Å². The molecule has 0 bridgehead atoms. The van der Waals surface area contributed by atoms with E-state index >= 15 is 0 Å². The number of thioether (sulfide) groups is 1. The summed E-state index contributed by atoms with van der Waals surface area (Å²) in [5.74, 6) is -1.68. The number of hydrogen-bond acceptors (Lipinski definition) is 4. The van der Waals surface area contributed by atoms with E-state index < -0.39 is 11.2 Å². The number of aromatic carboxylic acids is 1. The number of carboxylic acids is 1. The molecule has 0 heterocycles. The van der Waals surface area contributed by atoms with Crippen LogP contribution in [0.4, 0.5) is 11.4 Å². The van der Waals surface area contributed by atoms with Crippen LogP contribution in [-0.4, -0.2) is 22.9 Å². The Morgan fingerprint density at radius 3 is 2.29 bits per heavy atom. The zero-order valence-electron chi connectivity index (χ0n) is 16.5. The molecule has 1 atom stereocenters. The Kier molecular flexibility index (Phi) is 7.33. The third-order valence-corrected chi connectivity index (χ3v) is 5.79. The third-order valence-electron chi connectivity index (χ3n) is 4.21. The van der Waals surface area contributed by atoms with E-state index in [1.165, 1.54) is 30.8 Å². The van der Waals surface area contributed by atoms with E-state index in [4.69, 9.17) is 11.6 Å². The Hall–Kier alpha value is -3.29. The summed E-state index contributed by atoms with van der Waals surface area (Å²) >= 11 is 7.24. The minimum absolute atomic E-state index is 0.0913. The zero-order valence-corrected chi connectivity index (χ0v) is 18.0. The topological polar surface area (TPSA) is 95.5 Å². The first-order valence-corrected chi connectivity index (χ1v) is 10.5. The molecule has 0 aliphatic carbocycles. The average Bonchev–Trinajstić information content (AvgIpc) is 2.73. The van der Waals surface area contributed by atoms with E-state index in [-0.39, 0.29) is 22.4 Å². The maximum absolute atomic E-state index is 13.2. The highest BCUT2D eigenvalue weighted by Gasteiger charge is 2.23. The summed E-state index contributed by atoms with van der Waals surface area (Å²) in [5, 5.41) is 14.2. The predicted octanol–water partition coefficient (Wildman–Crippen LogP) is 5.47. The normalized spacial score (nSPS) is 11.4. The minimum atomic E-state index is -1.18. The fourth-order valence-corrected chi connectivity index (χ4v) is 4.14. The predicted molar refractivity (Wildman–Crippen MR) is 123 cm³/mol. The Labute approximate surface area is 188 Å². The Morgan fingerprint density at radius 1 is 0.903 bits per heavy atom. The van der Waals surface area contributed by atoms with Crippen LogP contribution in [0.3, 0.4) is 0 Å². The van der Waals surface area contributed by atoms with Gasteiger partial charge in [0.15, 0.2) is 0 Å². The Balaban J connectivity index is 1.88. The van der Waals surface area contributed by atoms with Crippen LogP contribution in [0.15, 0.2) is 77.7 Å². The fourth-order valence-electron chi connectivity index (χ4n) is 2.86. The second kappa shape index (κ2) is 10.1. The minimum Gasteiger partial charge on any atom is -0.478 e. The summed E-state index contributed by atoms with van der Waals surface area (Å²) in [5.41, 5.74) is 1.66. The largest absolute Gasteiger partial charge is 0.478 e. The molecular formula is C23H19ClN2O4S. The van der Waals surface area contributed by atoms with Crippen molar-refractivity contribution in [1.29, 1.82) is 0 Å². The van der Waals surface area contributed by atoms with E-state index in [9.17, 15) is 19.5 Å². The van der Waals surface area contributed by atoms with Gasteiger partial charge in [0.2, 0.25) is 11.8 Å². The lowest BCUT2D eigenvalue weighted by Crippen LogP contribution is -2.19. The number of carboxylic acid groups (broad SMARTS) is 1. The summed E-state index contributed by atoms with van der Waals surface area (Å²) in [6.07, 6.45) is 0. The highest BCUT2D eigenvalue weighted by atomic mass is 35.5. The lowest BCUT2D eigenvalue weighted by molar-refractivity contribution is -0.116. The lowest BCUT2D eigenvalue weighted by Gasteiger charge is -2.18. The Morgan fingerprint density at radius 2 is 1.61 bits per heavy atom. The van der Waals surface area contributed by atoms with E-state index in [0.29, 0.717) is 11.4 Å². The van der Waals surface area contributed by atoms with Crippen LogP contribution in [-0.2, 0) is 9.59 Å². The van der Waals surface area contributed by atoms with Crippen molar-refractivity contribution in [3.8, 4) is 0 Å². The van der Waals surface area contributed by atoms with Crippen molar-refractivity contribution in [2.45, 2.75) is 17.1 Å². The molecule has 0 saturated carbocycles. The van der Waals surface area contributed by atoms with Crippen LogP contribution in [0.2, 0.25) is 5.02 Å². The summed E-state index contributed by atoms with van der Waals surface area (Å²) in [4.78, 5) is 36.6. The fraction of sp³-hybridized carbons (Fsp3) is 0.0870. The number of rotatable bonds is 7. The van der Waals surface area contributed by atoms with Gasteiger partial charge in [-0.05, 0) is 42.0 Å². The number of hydrogen-bond donors (Lipinski definition) is 3. The maximum Gasteiger partial charge on any atom is 0.337 e. The monoisotopic (exact) mass is 454 g/mol. The van der Waals surface area contributed by atoms with Crippen molar-refractivity contribution in [3.63, 3.8) is 0 Å². The molecule has 0 saturated heterocycles. The van der Waals surface area contributed by atoms with Gasteiger partial charge in [0.25, 0.3) is 0 Å². The van der Waals surface area contributed by atoms with Crippen LogP contribution in [0.5, 0.6) is 0 Å². The summed E-state index contributed by atoms with van der Waals surface area (Å²) in [6.45, 7) is 1.43. The first-order chi connectivity index (χ1) is 14.8. The van der Waals surface area contributed by atoms with E-state index in [1.54, 1.807) is 24.3 Å². The molecule has 0 radical (unpaired) electrons. The summed E-state index contributed by atoms with van der Waals surface area (Å²) in [6, 6.07) is 20.8. The van der Waals surface area contributed by atoms with Gasteiger partial charge in [-0.2, -0.15) is 0 Å². The number of nitrogens with one attached hydrogen (secondary N) is 2. The number of carbonyl (C=O) groups is 3. The summed E-state index contributed by atoms with van der Waals surface area (Å²) in [7, 11) is 0. The molecule has 0 fully saturated rings. The molecule has 6 nitrogen and oxygen atoms in total. The van der Waals surface area contributed by atoms with Crippen molar-refractivity contribution < 1.29 is 19.5 Å². The van der Waals surface area contributed by atoms with Crippen molar-refractivity contribution in [1.82, 2.24) is 0 Å². The molecule has 3 aromatic rings. The standard InChI is InChI=1S/C23H19ClN2O4S/c1-14(27)25-16-8-5-9-18(12-16)31-21(15-6-3-2-4-7-15)22(28)26-17-10-11-20(24)19(13-17)23(29)30/h2-13,21H,1H3,(H,25,27)(H,26,28)(H,29,30). The molecule has 3 aromatic carbocycles. The smallest absolute Gasteiger partial charge is 0.337 e. The van der Waals surface area contributed by atoms with Crippen LogP contribution >= 0.6 is 23.4 Å². The molecule has 158 valence electrons. The molecule has 0 aliphatic rings. The first-order valence-electron chi connectivity index (χ1n) is 9.26. The molecule has 0 aliphatic heterocycles. The molecule has 8 heteroatoms. The van der Waals surface area contributed by atoms with Crippen molar-refractivity contribution in [3.05, 3.63) is 88.9 Å². The number of carbonyl (C=O) groups excluding carboxylic acids is 2. The number of halogens is 1. The number of benzene rings is 3. The van der Waals surface area contributed by atoms with Gasteiger partial charge in [-0.3, -0.25) is 9.59 Å². The lowest BCUT2D eigenvalue weighted by atomic mass is 10.1. The zero-order chi connectivity index (χ0) is 22.4. The third kappa shape index (κ3) is 6.10. The van der Waals surface area contributed by atoms with Gasteiger partial charge in [0.1, 0.15) is 5.25 Å². The van der Waals surface area contributed by atoms with Crippen LogP contribution < -0.4 is 10.6 Å². The van der Waals surface area contributed by atoms with E-state index in [2.05, 4.69) is 10.6 Å². The van der Waals surface area contributed by atoms with E-state index in [1.807, 2.05) is 36.4 Å². The number of anilines is 2. The van der Waals surface area contributed by atoms with Crippen LogP contribution in [0, 0.1) is 0 Å². The van der Waals surface area contributed by atoms with Gasteiger partial charge in [-0.15, -0.1) is 11.8 Å². The average molecular weight is 455 g/mol. The van der Waals surface area contributed by atoms with Gasteiger partial charge in [0, 0.05) is 23.2 Å². The van der Waals surface area contributed by atoms with E-state index in [0.717, 1.165) is 10.5 Å². The molecule has 3 rings (SSSR count). The van der Waals surface area contributed by atoms with Crippen LogP contribution in [0.1, 0.15) is 28.1 Å². The highest BCUT2D eigenvalue weighted by molar-refractivity contribution is 8.00. The van der Waals surface area contributed by atoms with Crippen LogP contribution in [0.25, 0.3) is 0 Å². The highest BCUT2D eigenvalue weighted by Crippen LogP contribution is 2.37. The first kappa shape index (κ1) is 22.4. The Bertz CT molecular complexity index is 1120. The van der Waals surface area contributed by atoms with Gasteiger partial charge >= 0.3 is 5.97 Å². The molecule has 0 spiro atoms. The summed E-state index contributed by atoms with van der Waals surface area (Å²) < 4.78 is 0. The van der Waals surface area contributed by atoms with Crippen molar-refractivity contribution >= 4 is 52.5 Å². The maximum atomic E-state index is 13.2. The van der Waals surface area contributed by atoms with Gasteiger partial charge in [-0.25, -0.2) is 4.79 Å². The molecule has 2 amide bonds. The van der Waals surface area contributed by atoms with Gasteiger partial charge in [-0.1, -0.05) is 48.0 Å². The molecule has 3 N–H and O–H groups in total. The molecule has 0 aromatic heterocycles.